The van der Waals surface area contributed by atoms with Crippen LogP contribution in [0.2, 0.25) is 0 Å². The summed E-state index contributed by atoms with van der Waals surface area (Å²) in [6, 6.07) is 8.99. The molecule has 0 atom stereocenters. The van der Waals surface area contributed by atoms with Crippen LogP contribution in [0.4, 0.5) is 0 Å². The van der Waals surface area contributed by atoms with E-state index in [1.165, 1.54) is 43.2 Å². The highest BCUT2D eigenvalue weighted by Crippen LogP contribution is 2.23. The number of hydrogen-bond donors (Lipinski definition) is 0. The van der Waals surface area contributed by atoms with Crippen molar-refractivity contribution in [1.29, 1.82) is 0 Å². The maximum atomic E-state index is 5.76. The number of benzene rings is 1. The van der Waals surface area contributed by atoms with E-state index in [-0.39, 0.29) is 0 Å². The van der Waals surface area contributed by atoms with Gasteiger partial charge in [0.2, 0.25) is 5.90 Å². The molecule has 1 saturated carbocycles. The van der Waals surface area contributed by atoms with Crippen molar-refractivity contribution in [2.24, 2.45) is 4.99 Å². The Morgan fingerprint density at radius 1 is 1.06 bits per heavy atom. The van der Waals surface area contributed by atoms with Crippen molar-refractivity contribution in [3.63, 3.8) is 0 Å². The molecule has 90 valence electrons. The second-order valence-electron chi connectivity index (χ2n) is 4.98. The largest absolute Gasteiger partial charge is 0.477 e. The average Bonchev–Trinajstić information content (AvgIpc) is 2.40. The predicted octanol–water partition coefficient (Wildman–Crippen LogP) is 3.34. The molecule has 2 nitrogen and oxygen atoms in total. The maximum absolute atomic E-state index is 5.76. The van der Waals surface area contributed by atoms with Crippen LogP contribution in [0.3, 0.4) is 0 Å². The van der Waals surface area contributed by atoms with Gasteiger partial charge in [-0.15, -0.1) is 0 Å². The molecule has 0 unspecified atom stereocenters. The third-order valence-electron chi connectivity index (χ3n) is 3.73. The van der Waals surface area contributed by atoms with Crippen LogP contribution in [0.25, 0.3) is 0 Å². The van der Waals surface area contributed by atoms with Gasteiger partial charge in [-0.1, -0.05) is 37.5 Å². The van der Waals surface area contributed by atoms with Gasteiger partial charge in [-0.05, 0) is 24.5 Å². The molecule has 0 spiro atoms. The Labute approximate surface area is 103 Å². The molecule has 3 rings (SSSR count). The zero-order valence-corrected chi connectivity index (χ0v) is 10.2. The van der Waals surface area contributed by atoms with E-state index in [9.17, 15) is 0 Å². The molecule has 1 aliphatic heterocycles. The lowest BCUT2D eigenvalue weighted by atomic mass is 9.95. The van der Waals surface area contributed by atoms with Crippen molar-refractivity contribution in [2.45, 2.75) is 44.6 Å². The van der Waals surface area contributed by atoms with Crippen molar-refractivity contribution in [1.82, 2.24) is 0 Å². The van der Waals surface area contributed by atoms with E-state index >= 15 is 0 Å². The number of fused-ring (bicyclic) bond motifs is 1. The Hall–Kier alpha value is -1.31. The molecule has 1 aromatic carbocycles. The van der Waals surface area contributed by atoms with Gasteiger partial charge >= 0.3 is 0 Å². The number of rotatable bonds is 1. The molecular formula is C15H19NO. The zero-order chi connectivity index (χ0) is 11.5. The Morgan fingerprint density at radius 2 is 1.88 bits per heavy atom. The van der Waals surface area contributed by atoms with Gasteiger partial charge in [0.15, 0.2) is 0 Å². The molecule has 0 radical (unpaired) electrons. The van der Waals surface area contributed by atoms with E-state index in [0.29, 0.717) is 6.04 Å². The van der Waals surface area contributed by atoms with Crippen molar-refractivity contribution in [3.05, 3.63) is 35.4 Å². The Kier molecular flexibility index (Phi) is 3.12. The average molecular weight is 229 g/mol. The van der Waals surface area contributed by atoms with Gasteiger partial charge in [0.1, 0.15) is 0 Å². The van der Waals surface area contributed by atoms with E-state index in [0.717, 1.165) is 18.9 Å². The monoisotopic (exact) mass is 229 g/mol. The highest BCUT2D eigenvalue weighted by Gasteiger charge is 2.19. The summed E-state index contributed by atoms with van der Waals surface area (Å²) in [4.78, 5) is 4.83. The molecule has 0 N–H and O–H groups in total. The molecule has 1 aliphatic carbocycles. The minimum Gasteiger partial charge on any atom is -0.477 e. The van der Waals surface area contributed by atoms with Crippen molar-refractivity contribution >= 4 is 5.90 Å². The molecule has 0 bridgehead atoms. The lowest BCUT2D eigenvalue weighted by molar-refractivity contribution is 0.294. The molecule has 0 amide bonds. The van der Waals surface area contributed by atoms with E-state index in [1.807, 2.05) is 0 Å². The fourth-order valence-electron chi connectivity index (χ4n) is 2.77. The zero-order valence-electron chi connectivity index (χ0n) is 10.2. The molecule has 0 saturated heterocycles. The van der Waals surface area contributed by atoms with Crippen LogP contribution in [0.1, 0.15) is 43.2 Å². The summed E-state index contributed by atoms with van der Waals surface area (Å²) >= 11 is 0. The lowest BCUT2D eigenvalue weighted by Gasteiger charge is -2.23. The normalized spacial score (nSPS) is 23.2. The summed E-state index contributed by atoms with van der Waals surface area (Å²) in [7, 11) is 0. The highest BCUT2D eigenvalue weighted by atomic mass is 16.5. The summed E-state index contributed by atoms with van der Waals surface area (Å²) in [6.45, 7) is 0.780. The first kappa shape index (κ1) is 10.8. The van der Waals surface area contributed by atoms with Crippen LogP contribution in [0.15, 0.2) is 29.3 Å². The summed E-state index contributed by atoms with van der Waals surface area (Å²) in [6.07, 6.45) is 7.49. The summed E-state index contributed by atoms with van der Waals surface area (Å²) < 4.78 is 5.76. The van der Waals surface area contributed by atoms with Crippen LogP contribution < -0.4 is 0 Å². The molecule has 2 heteroatoms. The minimum atomic E-state index is 0.491. The van der Waals surface area contributed by atoms with Crippen molar-refractivity contribution in [2.75, 3.05) is 6.61 Å². The smallest absolute Gasteiger partial charge is 0.216 e. The summed E-state index contributed by atoms with van der Waals surface area (Å²) in [5.41, 5.74) is 2.60. The molecule has 1 aromatic rings. The third-order valence-corrected chi connectivity index (χ3v) is 3.73. The quantitative estimate of drug-likeness (QED) is 0.723. The fourth-order valence-corrected chi connectivity index (χ4v) is 2.77. The molecule has 17 heavy (non-hydrogen) atoms. The Morgan fingerprint density at radius 3 is 2.76 bits per heavy atom. The first-order valence-electron chi connectivity index (χ1n) is 6.72. The van der Waals surface area contributed by atoms with E-state index in [1.54, 1.807) is 0 Å². The Bertz CT molecular complexity index is 419. The predicted molar refractivity (Wildman–Crippen MR) is 69.5 cm³/mol. The van der Waals surface area contributed by atoms with Crippen LogP contribution in [-0.2, 0) is 11.2 Å². The van der Waals surface area contributed by atoms with E-state index < -0.39 is 0 Å². The van der Waals surface area contributed by atoms with Gasteiger partial charge in [-0.3, -0.25) is 0 Å². The summed E-state index contributed by atoms with van der Waals surface area (Å²) in [5, 5.41) is 0. The number of nitrogens with zero attached hydrogens (tertiary/aromatic N) is 1. The van der Waals surface area contributed by atoms with Gasteiger partial charge in [-0.25, -0.2) is 4.99 Å². The highest BCUT2D eigenvalue weighted by molar-refractivity contribution is 5.96. The van der Waals surface area contributed by atoms with Crippen LogP contribution in [0, 0.1) is 0 Å². The van der Waals surface area contributed by atoms with Gasteiger partial charge < -0.3 is 4.74 Å². The van der Waals surface area contributed by atoms with Crippen molar-refractivity contribution < 1.29 is 4.74 Å². The van der Waals surface area contributed by atoms with Crippen LogP contribution in [-0.4, -0.2) is 18.5 Å². The number of ether oxygens (including phenoxy) is 1. The van der Waals surface area contributed by atoms with E-state index in [4.69, 9.17) is 9.73 Å². The third kappa shape index (κ3) is 2.36. The van der Waals surface area contributed by atoms with Gasteiger partial charge in [-0.2, -0.15) is 0 Å². The van der Waals surface area contributed by atoms with Crippen LogP contribution >= 0.6 is 0 Å². The fraction of sp³-hybridized carbons (Fsp3) is 0.533. The first-order chi connectivity index (χ1) is 8.43. The SMILES string of the molecule is c1ccc2c(c1)CCOC2=NC1CCCCC1. The summed E-state index contributed by atoms with van der Waals surface area (Å²) in [5.74, 6) is 0.888. The van der Waals surface area contributed by atoms with Gasteiger partial charge in [0, 0.05) is 12.0 Å². The molecule has 2 aliphatic rings. The number of aliphatic imine (C=N–C) groups is 1. The molecular weight excluding hydrogens is 210 g/mol. The first-order valence-corrected chi connectivity index (χ1v) is 6.72. The maximum Gasteiger partial charge on any atom is 0.216 e. The van der Waals surface area contributed by atoms with Crippen molar-refractivity contribution in [3.8, 4) is 0 Å². The van der Waals surface area contributed by atoms with Crippen LogP contribution in [0.5, 0.6) is 0 Å². The molecule has 0 aromatic heterocycles. The van der Waals surface area contributed by atoms with Gasteiger partial charge in [0.05, 0.1) is 12.6 Å². The second-order valence-corrected chi connectivity index (χ2v) is 4.98. The lowest BCUT2D eigenvalue weighted by Crippen LogP contribution is -2.21. The topological polar surface area (TPSA) is 21.6 Å². The minimum absolute atomic E-state index is 0.491. The molecule has 1 heterocycles. The second kappa shape index (κ2) is 4.91. The van der Waals surface area contributed by atoms with E-state index in [2.05, 4.69) is 24.3 Å². The Balaban J connectivity index is 1.86. The molecule has 1 fully saturated rings. The standard InChI is InChI=1S/C15H19NO/c1-2-7-13(8-3-1)16-15-14-9-5-4-6-12(14)10-11-17-15/h4-6,9,13H,1-3,7-8,10-11H2. The van der Waals surface area contributed by atoms with Gasteiger partial charge in [0.25, 0.3) is 0 Å². The number of hydrogen-bond acceptors (Lipinski definition) is 2.